The maximum atomic E-state index is 10.9. The van der Waals surface area contributed by atoms with E-state index in [0.717, 1.165) is 11.8 Å². The second kappa shape index (κ2) is 3.70. The topological polar surface area (TPSA) is 46.5 Å². The van der Waals surface area contributed by atoms with E-state index in [4.69, 9.17) is 4.74 Å². The van der Waals surface area contributed by atoms with E-state index in [9.17, 15) is 9.90 Å². The van der Waals surface area contributed by atoms with Crippen LogP contribution in [0.3, 0.4) is 0 Å². The zero-order valence-corrected chi connectivity index (χ0v) is 8.57. The normalized spacial score (nSPS) is 11.1. The first-order valence-corrected chi connectivity index (χ1v) is 4.35. The van der Waals surface area contributed by atoms with Gasteiger partial charge in [0, 0.05) is 17.0 Å². The number of hydrogen-bond donors (Lipinski definition) is 1. The molecule has 0 aliphatic carbocycles. The van der Waals surface area contributed by atoms with Gasteiger partial charge >= 0.3 is 0 Å². The van der Waals surface area contributed by atoms with Crippen molar-refractivity contribution in [3.05, 3.63) is 23.8 Å². The number of rotatable bonds is 3. The van der Waals surface area contributed by atoms with Crippen molar-refractivity contribution < 1.29 is 14.6 Å². The van der Waals surface area contributed by atoms with Crippen molar-refractivity contribution in [3.63, 3.8) is 0 Å². The molecule has 0 saturated heterocycles. The summed E-state index contributed by atoms with van der Waals surface area (Å²) in [4.78, 5) is 10.9. The first-order valence-electron chi connectivity index (χ1n) is 4.35. The number of phenolic OH excluding ortho intramolecular Hbond substituents is 1. The molecule has 1 rings (SSSR count). The average Bonchev–Trinajstić information content (AvgIpc) is 2.17. The van der Waals surface area contributed by atoms with Crippen molar-refractivity contribution in [2.75, 3.05) is 7.11 Å². The molecule has 0 fully saturated rings. The Morgan fingerprint density at radius 3 is 2.57 bits per heavy atom. The Kier molecular flexibility index (Phi) is 2.79. The predicted octanol–water partition coefficient (Wildman–Crippen LogP) is 1.88. The number of ether oxygens (including phenoxy) is 1. The minimum absolute atomic E-state index is 0.132. The highest BCUT2D eigenvalue weighted by Crippen LogP contribution is 2.32. The van der Waals surface area contributed by atoms with Crippen LogP contribution in [-0.2, 0) is 10.2 Å². The van der Waals surface area contributed by atoms with Gasteiger partial charge in [0.2, 0.25) is 0 Å². The van der Waals surface area contributed by atoms with E-state index in [0.29, 0.717) is 5.75 Å². The van der Waals surface area contributed by atoms with E-state index in [1.807, 2.05) is 0 Å². The van der Waals surface area contributed by atoms with E-state index >= 15 is 0 Å². The predicted molar refractivity (Wildman–Crippen MR) is 53.7 cm³/mol. The van der Waals surface area contributed by atoms with Crippen molar-refractivity contribution in [2.24, 2.45) is 0 Å². The van der Waals surface area contributed by atoms with Gasteiger partial charge in [0.15, 0.2) is 0 Å². The summed E-state index contributed by atoms with van der Waals surface area (Å²) in [5.74, 6) is 0.661. The summed E-state index contributed by atoms with van der Waals surface area (Å²) in [5, 5.41) is 9.24. The first kappa shape index (κ1) is 10.6. The Labute approximate surface area is 83.3 Å². The standard InChI is InChI=1S/C11H14O3/c1-11(2,7-12)9-5-4-8(13)6-10(9)14-3/h4-7,13H,1-3H3. The van der Waals surface area contributed by atoms with Crippen molar-refractivity contribution in [3.8, 4) is 11.5 Å². The molecule has 0 radical (unpaired) electrons. The highest BCUT2D eigenvalue weighted by Gasteiger charge is 2.23. The van der Waals surface area contributed by atoms with Gasteiger partial charge in [-0.2, -0.15) is 0 Å². The van der Waals surface area contributed by atoms with Gasteiger partial charge in [0.25, 0.3) is 0 Å². The van der Waals surface area contributed by atoms with Crippen LogP contribution in [0.2, 0.25) is 0 Å². The summed E-state index contributed by atoms with van der Waals surface area (Å²) in [6, 6.07) is 4.74. The van der Waals surface area contributed by atoms with Crippen LogP contribution in [-0.4, -0.2) is 18.5 Å². The van der Waals surface area contributed by atoms with Gasteiger partial charge in [0.05, 0.1) is 7.11 Å². The fourth-order valence-electron chi connectivity index (χ4n) is 1.28. The van der Waals surface area contributed by atoms with Crippen molar-refractivity contribution >= 4 is 6.29 Å². The lowest BCUT2D eigenvalue weighted by Gasteiger charge is -2.20. The number of benzene rings is 1. The molecule has 3 heteroatoms. The third kappa shape index (κ3) is 1.87. The molecule has 0 spiro atoms. The highest BCUT2D eigenvalue weighted by atomic mass is 16.5. The molecule has 1 aromatic carbocycles. The van der Waals surface area contributed by atoms with Crippen LogP contribution >= 0.6 is 0 Å². The molecule has 3 nitrogen and oxygen atoms in total. The highest BCUT2D eigenvalue weighted by molar-refractivity contribution is 5.69. The second-order valence-electron chi connectivity index (χ2n) is 3.72. The van der Waals surface area contributed by atoms with Gasteiger partial charge in [-0.05, 0) is 19.9 Å². The maximum Gasteiger partial charge on any atom is 0.130 e. The Hall–Kier alpha value is -1.51. The smallest absolute Gasteiger partial charge is 0.130 e. The third-order valence-corrected chi connectivity index (χ3v) is 2.17. The van der Waals surface area contributed by atoms with Crippen LogP contribution in [0.15, 0.2) is 18.2 Å². The zero-order valence-electron chi connectivity index (χ0n) is 8.57. The van der Waals surface area contributed by atoms with Crippen molar-refractivity contribution in [2.45, 2.75) is 19.3 Å². The van der Waals surface area contributed by atoms with Gasteiger partial charge < -0.3 is 14.6 Å². The summed E-state index contributed by atoms with van der Waals surface area (Å²) in [7, 11) is 1.51. The summed E-state index contributed by atoms with van der Waals surface area (Å²) in [6.07, 6.45) is 0.863. The molecule has 0 amide bonds. The molecule has 0 aliphatic heterocycles. The lowest BCUT2D eigenvalue weighted by molar-refractivity contribution is -0.111. The van der Waals surface area contributed by atoms with Gasteiger partial charge in [-0.3, -0.25) is 0 Å². The zero-order chi connectivity index (χ0) is 10.8. The molecule has 76 valence electrons. The minimum Gasteiger partial charge on any atom is -0.508 e. The molecular formula is C11H14O3. The molecule has 1 aromatic rings. The SMILES string of the molecule is COc1cc(O)ccc1C(C)(C)C=O. The van der Waals surface area contributed by atoms with Crippen LogP contribution in [0.25, 0.3) is 0 Å². The fraction of sp³-hybridized carbons (Fsp3) is 0.364. The fourth-order valence-corrected chi connectivity index (χ4v) is 1.28. The third-order valence-electron chi connectivity index (χ3n) is 2.17. The number of carbonyl (C=O) groups excluding carboxylic acids is 1. The summed E-state index contributed by atoms with van der Waals surface area (Å²) in [5.41, 5.74) is 0.173. The van der Waals surface area contributed by atoms with Crippen molar-refractivity contribution in [1.29, 1.82) is 0 Å². The number of carbonyl (C=O) groups is 1. The number of hydrogen-bond acceptors (Lipinski definition) is 3. The summed E-state index contributed by atoms with van der Waals surface area (Å²) >= 11 is 0. The molecule has 0 aromatic heterocycles. The number of phenols is 1. The van der Waals surface area contributed by atoms with Crippen LogP contribution in [0.1, 0.15) is 19.4 Å². The average molecular weight is 194 g/mol. The molecule has 0 aliphatic rings. The largest absolute Gasteiger partial charge is 0.508 e. The van der Waals surface area contributed by atoms with E-state index in [2.05, 4.69) is 0 Å². The van der Waals surface area contributed by atoms with E-state index < -0.39 is 5.41 Å². The quantitative estimate of drug-likeness (QED) is 0.747. The molecule has 0 atom stereocenters. The molecule has 1 N–H and O–H groups in total. The van der Waals surface area contributed by atoms with Gasteiger partial charge in [0.1, 0.15) is 17.8 Å². The first-order chi connectivity index (χ1) is 6.51. The number of aromatic hydroxyl groups is 1. The van der Waals surface area contributed by atoms with Gasteiger partial charge in [-0.25, -0.2) is 0 Å². The van der Waals surface area contributed by atoms with E-state index in [-0.39, 0.29) is 5.75 Å². The van der Waals surface area contributed by atoms with Crippen LogP contribution in [0.5, 0.6) is 11.5 Å². The lowest BCUT2D eigenvalue weighted by atomic mass is 9.85. The van der Waals surface area contributed by atoms with Crippen molar-refractivity contribution in [1.82, 2.24) is 0 Å². The molecular weight excluding hydrogens is 180 g/mol. The maximum absolute atomic E-state index is 10.9. The number of methoxy groups -OCH3 is 1. The monoisotopic (exact) mass is 194 g/mol. The summed E-state index contributed by atoms with van der Waals surface area (Å²) in [6.45, 7) is 3.60. The lowest BCUT2D eigenvalue weighted by Crippen LogP contribution is -2.19. The summed E-state index contributed by atoms with van der Waals surface area (Å²) < 4.78 is 5.10. The Morgan fingerprint density at radius 2 is 2.07 bits per heavy atom. The van der Waals surface area contributed by atoms with Crippen LogP contribution in [0.4, 0.5) is 0 Å². The Morgan fingerprint density at radius 1 is 1.43 bits per heavy atom. The van der Waals surface area contributed by atoms with E-state index in [1.165, 1.54) is 13.2 Å². The Bertz CT molecular complexity index is 342. The Balaban J connectivity index is 3.27. The molecule has 0 heterocycles. The molecule has 14 heavy (non-hydrogen) atoms. The minimum atomic E-state index is -0.598. The van der Waals surface area contributed by atoms with Gasteiger partial charge in [-0.1, -0.05) is 6.07 Å². The van der Waals surface area contributed by atoms with Crippen LogP contribution < -0.4 is 4.74 Å². The molecule has 0 bridgehead atoms. The molecule has 0 unspecified atom stereocenters. The second-order valence-corrected chi connectivity index (χ2v) is 3.72. The number of aldehydes is 1. The van der Waals surface area contributed by atoms with Crippen LogP contribution in [0, 0.1) is 0 Å². The van der Waals surface area contributed by atoms with Gasteiger partial charge in [-0.15, -0.1) is 0 Å². The molecule has 0 saturated carbocycles. The van der Waals surface area contributed by atoms with E-state index in [1.54, 1.807) is 26.0 Å².